The SMILES string of the molecule is N[C@@H]1COCC[C@@H]1NCc1cccc2c1C(=O)N(C1CCC(=O)NC1=O)C2=O. The topological polar surface area (TPSA) is 131 Å². The van der Waals surface area contributed by atoms with E-state index < -0.39 is 29.7 Å². The van der Waals surface area contributed by atoms with Crippen LogP contribution in [0.15, 0.2) is 18.2 Å². The first-order valence-electron chi connectivity index (χ1n) is 9.37. The van der Waals surface area contributed by atoms with Gasteiger partial charge in [0.1, 0.15) is 6.04 Å². The molecule has 3 heterocycles. The third-order valence-electron chi connectivity index (χ3n) is 5.51. The highest BCUT2D eigenvalue weighted by molar-refractivity contribution is 6.24. The first-order chi connectivity index (χ1) is 13.5. The van der Waals surface area contributed by atoms with E-state index in [4.69, 9.17) is 10.5 Å². The van der Waals surface area contributed by atoms with E-state index in [9.17, 15) is 19.2 Å². The van der Waals surface area contributed by atoms with Crippen LogP contribution in [-0.2, 0) is 20.9 Å². The molecular weight excluding hydrogens is 364 g/mol. The molecule has 148 valence electrons. The second-order valence-corrected chi connectivity index (χ2v) is 7.30. The van der Waals surface area contributed by atoms with Crippen molar-refractivity contribution in [2.45, 2.75) is 43.9 Å². The van der Waals surface area contributed by atoms with Crippen LogP contribution in [0.5, 0.6) is 0 Å². The van der Waals surface area contributed by atoms with Gasteiger partial charge >= 0.3 is 0 Å². The molecule has 4 rings (SSSR count). The number of hydrogen-bond donors (Lipinski definition) is 3. The summed E-state index contributed by atoms with van der Waals surface area (Å²) in [6.45, 7) is 1.48. The van der Waals surface area contributed by atoms with Gasteiger partial charge in [-0.1, -0.05) is 12.1 Å². The number of nitrogens with two attached hydrogens (primary N) is 1. The van der Waals surface area contributed by atoms with Crippen molar-refractivity contribution in [3.05, 3.63) is 34.9 Å². The molecule has 0 radical (unpaired) electrons. The molecule has 9 heteroatoms. The Morgan fingerprint density at radius 2 is 2.00 bits per heavy atom. The van der Waals surface area contributed by atoms with Crippen molar-refractivity contribution < 1.29 is 23.9 Å². The van der Waals surface area contributed by atoms with Crippen molar-refractivity contribution in [2.24, 2.45) is 5.73 Å². The molecule has 1 unspecified atom stereocenters. The number of amides is 4. The summed E-state index contributed by atoms with van der Waals surface area (Å²) < 4.78 is 5.34. The highest BCUT2D eigenvalue weighted by Gasteiger charge is 2.45. The number of rotatable bonds is 4. The normalized spacial score (nSPS) is 27.8. The minimum absolute atomic E-state index is 0.0584. The van der Waals surface area contributed by atoms with Crippen LogP contribution in [-0.4, -0.2) is 59.9 Å². The van der Waals surface area contributed by atoms with Crippen molar-refractivity contribution in [3.8, 4) is 0 Å². The monoisotopic (exact) mass is 386 g/mol. The Bertz CT molecular complexity index is 855. The summed E-state index contributed by atoms with van der Waals surface area (Å²) in [5.41, 5.74) is 7.34. The Kier molecular flexibility index (Phi) is 4.96. The number of nitrogens with one attached hydrogen (secondary N) is 2. The van der Waals surface area contributed by atoms with E-state index in [1.165, 1.54) is 0 Å². The molecule has 3 atom stereocenters. The van der Waals surface area contributed by atoms with Gasteiger partial charge in [0.05, 0.1) is 17.7 Å². The fourth-order valence-electron chi connectivity index (χ4n) is 3.99. The first kappa shape index (κ1) is 18.7. The van der Waals surface area contributed by atoms with Gasteiger partial charge in [-0.15, -0.1) is 0 Å². The number of carbonyl (C=O) groups is 4. The number of nitrogens with zero attached hydrogens (tertiary/aromatic N) is 1. The lowest BCUT2D eigenvalue weighted by molar-refractivity contribution is -0.136. The van der Waals surface area contributed by atoms with Crippen LogP contribution in [0.25, 0.3) is 0 Å². The van der Waals surface area contributed by atoms with Crippen LogP contribution >= 0.6 is 0 Å². The number of benzene rings is 1. The third-order valence-corrected chi connectivity index (χ3v) is 5.51. The van der Waals surface area contributed by atoms with Crippen LogP contribution in [0.1, 0.15) is 45.5 Å². The number of hydrogen-bond acceptors (Lipinski definition) is 7. The molecule has 3 aliphatic rings. The summed E-state index contributed by atoms with van der Waals surface area (Å²) in [5, 5.41) is 5.55. The van der Waals surface area contributed by atoms with Crippen LogP contribution in [0, 0.1) is 0 Å². The summed E-state index contributed by atoms with van der Waals surface area (Å²) in [6.07, 6.45) is 1.01. The highest BCUT2D eigenvalue weighted by Crippen LogP contribution is 2.30. The molecule has 1 aromatic carbocycles. The molecule has 28 heavy (non-hydrogen) atoms. The fourth-order valence-corrected chi connectivity index (χ4v) is 3.99. The molecule has 2 saturated heterocycles. The van der Waals surface area contributed by atoms with Gasteiger partial charge in [-0.25, -0.2) is 0 Å². The average molecular weight is 386 g/mol. The largest absolute Gasteiger partial charge is 0.380 e. The molecule has 2 fully saturated rings. The maximum Gasteiger partial charge on any atom is 0.262 e. The Morgan fingerprint density at radius 1 is 1.18 bits per heavy atom. The Hall–Kier alpha value is -2.62. The first-order valence-corrected chi connectivity index (χ1v) is 9.37. The summed E-state index contributed by atoms with van der Waals surface area (Å²) in [5.74, 6) is -2.00. The van der Waals surface area contributed by atoms with E-state index in [2.05, 4.69) is 10.6 Å². The molecular formula is C19H22N4O5. The van der Waals surface area contributed by atoms with Gasteiger partial charge in [0.15, 0.2) is 0 Å². The maximum absolute atomic E-state index is 13.0. The second kappa shape index (κ2) is 7.42. The molecule has 9 nitrogen and oxygen atoms in total. The fraction of sp³-hybridized carbons (Fsp3) is 0.474. The number of ether oxygens (including phenoxy) is 1. The van der Waals surface area contributed by atoms with E-state index in [0.29, 0.717) is 30.9 Å². The predicted molar refractivity (Wildman–Crippen MR) is 97.2 cm³/mol. The second-order valence-electron chi connectivity index (χ2n) is 7.30. The van der Waals surface area contributed by atoms with Gasteiger partial charge in [0.2, 0.25) is 11.8 Å². The summed E-state index contributed by atoms with van der Waals surface area (Å²) in [4.78, 5) is 50.4. The van der Waals surface area contributed by atoms with Gasteiger partial charge in [-0.2, -0.15) is 0 Å². The predicted octanol–water partition coefficient (Wildman–Crippen LogP) is -0.706. The molecule has 0 aliphatic carbocycles. The molecule has 4 N–H and O–H groups in total. The lowest BCUT2D eigenvalue weighted by atomic mass is 10.0. The van der Waals surface area contributed by atoms with Gasteiger partial charge in [0, 0.05) is 31.7 Å². The van der Waals surface area contributed by atoms with E-state index in [-0.39, 0.29) is 30.5 Å². The van der Waals surface area contributed by atoms with E-state index >= 15 is 0 Å². The van der Waals surface area contributed by atoms with Crippen molar-refractivity contribution in [1.82, 2.24) is 15.5 Å². The number of fused-ring (bicyclic) bond motifs is 1. The van der Waals surface area contributed by atoms with E-state index in [1.54, 1.807) is 18.2 Å². The quantitative estimate of drug-likeness (QED) is 0.583. The molecule has 3 aliphatic heterocycles. The molecule has 0 bridgehead atoms. The Morgan fingerprint density at radius 3 is 2.75 bits per heavy atom. The minimum atomic E-state index is -0.963. The van der Waals surface area contributed by atoms with Crippen molar-refractivity contribution in [3.63, 3.8) is 0 Å². The van der Waals surface area contributed by atoms with E-state index in [0.717, 1.165) is 11.3 Å². The Balaban J connectivity index is 1.56. The number of imide groups is 2. The highest BCUT2D eigenvalue weighted by atomic mass is 16.5. The van der Waals surface area contributed by atoms with Gasteiger partial charge in [-0.05, 0) is 24.5 Å². The molecule has 0 aromatic heterocycles. The summed E-state index contributed by atoms with van der Waals surface area (Å²) >= 11 is 0. The van der Waals surface area contributed by atoms with Crippen LogP contribution in [0.4, 0.5) is 0 Å². The van der Waals surface area contributed by atoms with Crippen LogP contribution in [0.2, 0.25) is 0 Å². The number of carbonyl (C=O) groups excluding carboxylic acids is 4. The van der Waals surface area contributed by atoms with E-state index in [1.807, 2.05) is 0 Å². The van der Waals surface area contributed by atoms with Crippen LogP contribution in [0.3, 0.4) is 0 Å². The summed E-state index contributed by atoms with van der Waals surface area (Å²) in [6, 6.07) is 4.06. The number of piperidine rings is 1. The zero-order valence-electron chi connectivity index (χ0n) is 15.3. The standard InChI is InChI=1S/C19H22N4O5/c20-12-9-28-7-6-13(12)21-8-10-2-1-3-11-16(10)19(27)23(18(11)26)14-4-5-15(24)22-17(14)25/h1-3,12-14,21H,4-9,20H2,(H,22,24,25)/t12-,13+,14?/m1/s1. The molecule has 1 aromatic rings. The average Bonchev–Trinajstić information content (AvgIpc) is 2.93. The third kappa shape index (κ3) is 3.21. The zero-order chi connectivity index (χ0) is 19.8. The van der Waals surface area contributed by atoms with Crippen molar-refractivity contribution in [1.29, 1.82) is 0 Å². The lowest BCUT2D eigenvalue weighted by Gasteiger charge is -2.29. The van der Waals surface area contributed by atoms with Gasteiger partial charge in [0.25, 0.3) is 11.8 Å². The molecule has 0 spiro atoms. The van der Waals surface area contributed by atoms with Crippen molar-refractivity contribution >= 4 is 23.6 Å². The van der Waals surface area contributed by atoms with Crippen molar-refractivity contribution in [2.75, 3.05) is 13.2 Å². The minimum Gasteiger partial charge on any atom is -0.380 e. The molecule has 0 saturated carbocycles. The lowest BCUT2D eigenvalue weighted by Crippen LogP contribution is -2.54. The molecule has 4 amide bonds. The maximum atomic E-state index is 13.0. The van der Waals surface area contributed by atoms with Crippen LogP contribution < -0.4 is 16.4 Å². The Labute approximate surface area is 161 Å². The summed E-state index contributed by atoms with van der Waals surface area (Å²) in [7, 11) is 0. The smallest absolute Gasteiger partial charge is 0.262 e. The van der Waals surface area contributed by atoms with Gasteiger partial charge < -0.3 is 15.8 Å². The van der Waals surface area contributed by atoms with Gasteiger partial charge in [-0.3, -0.25) is 29.4 Å². The zero-order valence-corrected chi connectivity index (χ0v) is 15.3.